The minimum absolute atomic E-state index is 0.787. The van der Waals surface area contributed by atoms with Crippen molar-refractivity contribution in [2.45, 2.75) is 31.4 Å². The Morgan fingerprint density at radius 3 is 3.18 bits per heavy atom. The van der Waals surface area contributed by atoms with Crippen molar-refractivity contribution in [3.63, 3.8) is 0 Å². The molecule has 0 saturated carbocycles. The van der Waals surface area contributed by atoms with Crippen LogP contribution >= 0.6 is 11.8 Å². The second-order valence-electron chi connectivity index (χ2n) is 4.37. The average molecular weight is 251 g/mol. The van der Waals surface area contributed by atoms with Crippen LogP contribution in [0.3, 0.4) is 0 Å². The molecular formula is C13H21N3S. The highest BCUT2D eigenvalue weighted by atomic mass is 32.2. The maximum atomic E-state index is 4.30. The quantitative estimate of drug-likeness (QED) is 0.814. The Hall–Kier alpha value is -0.900. The number of hydrogen-bond donors (Lipinski definition) is 2. The van der Waals surface area contributed by atoms with Crippen LogP contribution in [0.15, 0.2) is 18.3 Å². The van der Waals surface area contributed by atoms with E-state index in [-0.39, 0.29) is 0 Å². The van der Waals surface area contributed by atoms with E-state index in [2.05, 4.69) is 40.4 Å². The maximum Gasteiger partial charge on any atom is 0.127 e. The fraction of sp³-hybridized carbons (Fsp3) is 0.615. The van der Waals surface area contributed by atoms with Crippen molar-refractivity contribution in [2.24, 2.45) is 0 Å². The van der Waals surface area contributed by atoms with E-state index in [1.165, 1.54) is 24.3 Å². The van der Waals surface area contributed by atoms with Gasteiger partial charge in [-0.2, -0.15) is 11.8 Å². The fourth-order valence-corrected chi connectivity index (χ4v) is 3.13. The first-order chi connectivity index (χ1) is 8.38. The molecule has 1 atom stereocenters. The van der Waals surface area contributed by atoms with Crippen LogP contribution in [0.2, 0.25) is 0 Å². The third-order valence-corrected chi connectivity index (χ3v) is 4.27. The van der Waals surface area contributed by atoms with Crippen molar-refractivity contribution in [3.05, 3.63) is 18.3 Å². The molecule has 1 aromatic rings. The van der Waals surface area contributed by atoms with Gasteiger partial charge >= 0.3 is 0 Å². The van der Waals surface area contributed by atoms with Gasteiger partial charge in [-0.05, 0) is 31.1 Å². The Bertz CT molecular complexity index is 337. The lowest BCUT2D eigenvalue weighted by molar-refractivity contribution is 0.805. The summed E-state index contributed by atoms with van der Waals surface area (Å²) in [5.74, 6) is 2.29. The smallest absolute Gasteiger partial charge is 0.127 e. The van der Waals surface area contributed by atoms with Gasteiger partial charge in [0, 0.05) is 36.3 Å². The average Bonchev–Trinajstić information content (AvgIpc) is 2.87. The van der Waals surface area contributed by atoms with Crippen molar-refractivity contribution >= 4 is 23.3 Å². The van der Waals surface area contributed by atoms with Crippen molar-refractivity contribution in [3.8, 4) is 0 Å². The zero-order valence-corrected chi connectivity index (χ0v) is 11.2. The second-order valence-corrected chi connectivity index (χ2v) is 5.78. The highest BCUT2D eigenvalue weighted by Gasteiger charge is 2.14. The van der Waals surface area contributed by atoms with E-state index < -0.39 is 0 Å². The molecule has 1 fully saturated rings. The van der Waals surface area contributed by atoms with Crippen molar-refractivity contribution in [1.82, 2.24) is 4.98 Å². The highest BCUT2D eigenvalue weighted by Crippen LogP contribution is 2.26. The van der Waals surface area contributed by atoms with Gasteiger partial charge in [-0.25, -0.2) is 4.98 Å². The summed E-state index contributed by atoms with van der Waals surface area (Å²) in [4.78, 5) is 4.30. The second kappa shape index (κ2) is 6.74. The lowest BCUT2D eigenvalue weighted by atomic mass is 10.2. The fourth-order valence-electron chi connectivity index (χ4n) is 1.93. The van der Waals surface area contributed by atoms with Crippen molar-refractivity contribution in [2.75, 3.05) is 29.5 Å². The summed E-state index contributed by atoms with van der Waals surface area (Å²) in [5.41, 5.74) is 1.17. The van der Waals surface area contributed by atoms with Gasteiger partial charge in [-0.3, -0.25) is 0 Å². The number of pyridine rings is 1. The Morgan fingerprint density at radius 2 is 2.41 bits per heavy atom. The number of hydrogen-bond acceptors (Lipinski definition) is 4. The molecule has 17 heavy (non-hydrogen) atoms. The van der Waals surface area contributed by atoms with Gasteiger partial charge in [0.2, 0.25) is 0 Å². The summed E-state index contributed by atoms with van der Waals surface area (Å²) >= 11 is 2.09. The van der Waals surface area contributed by atoms with Gasteiger partial charge in [0.1, 0.15) is 5.82 Å². The Labute approximate surface area is 108 Å². The predicted octanol–water partition coefficient (Wildman–Crippen LogP) is 3.21. The van der Waals surface area contributed by atoms with E-state index in [0.717, 1.165) is 30.6 Å². The van der Waals surface area contributed by atoms with E-state index in [0.29, 0.717) is 0 Å². The first kappa shape index (κ1) is 12.6. The molecule has 0 aromatic carbocycles. The summed E-state index contributed by atoms with van der Waals surface area (Å²) in [6.07, 6.45) is 5.71. The van der Waals surface area contributed by atoms with E-state index in [9.17, 15) is 0 Å². The monoisotopic (exact) mass is 251 g/mol. The van der Waals surface area contributed by atoms with Gasteiger partial charge in [0.05, 0.1) is 0 Å². The third kappa shape index (κ3) is 4.11. The molecule has 1 aliphatic heterocycles. The maximum absolute atomic E-state index is 4.30. The summed E-state index contributed by atoms with van der Waals surface area (Å²) in [5, 5.41) is 7.60. The molecule has 1 aliphatic rings. The molecule has 2 N–H and O–H groups in total. The van der Waals surface area contributed by atoms with Crippen LogP contribution < -0.4 is 10.6 Å². The molecule has 1 unspecified atom stereocenters. The van der Waals surface area contributed by atoms with Gasteiger partial charge in [0.15, 0.2) is 0 Å². The first-order valence-corrected chi connectivity index (χ1v) is 7.49. The van der Waals surface area contributed by atoms with Crippen LogP contribution in [-0.2, 0) is 0 Å². The Kier molecular flexibility index (Phi) is 4.98. The van der Waals surface area contributed by atoms with E-state index in [1.54, 1.807) is 0 Å². The SMILES string of the molecule is CCCNc1cc(NCC2CCCS2)ccn1. The number of rotatable bonds is 6. The number of nitrogens with zero attached hydrogens (tertiary/aromatic N) is 1. The molecular weight excluding hydrogens is 230 g/mol. The van der Waals surface area contributed by atoms with Crippen LogP contribution in [0, 0.1) is 0 Å². The molecule has 3 nitrogen and oxygen atoms in total. The molecule has 0 aliphatic carbocycles. The van der Waals surface area contributed by atoms with Crippen LogP contribution in [0.4, 0.5) is 11.5 Å². The van der Waals surface area contributed by atoms with Crippen LogP contribution in [0.25, 0.3) is 0 Å². The summed E-state index contributed by atoms with van der Waals surface area (Å²) < 4.78 is 0. The molecule has 94 valence electrons. The number of nitrogens with one attached hydrogen (secondary N) is 2. The predicted molar refractivity (Wildman–Crippen MR) is 77.0 cm³/mol. The Morgan fingerprint density at radius 1 is 1.47 bits per heavy atom. The zero-order valence-electron chi connectivity index (χ0n) is 10.4. The summed E-state index contributed by atoms with van der Waals surface area (Å²) in [6.45, 7) is 4.21. The highest BCUT2D eigenvalue weighted by molar-refractivity contribution is 8.00. The summed E-state index contributed by atoms with van der Waals surface area (Å²) in [6, 6.07) is 4.13. The molecule has 0 radical (unpaired) electrons. The third-order valence-electron chi connectivity index (χ3n) is 2.87. The normalized spacial score (nSPS) is 19.2. The van der Waals surface area contributed by atoms with Gasteiger partial charge in [-0.1, -0.05) is 6.92 Å². The zero-order chi connectivity index (χ0) is 11.9. The molecule has 1 aromatic heterocycles. The number of anilines is 2. The van der Waals surface area contributed by atoms with Crippen LogP contribution in [0.5, 0.6) is 0 Å². The first-order valence-electron chi connectivity index (χ1n) is 6.44. The standard InChI is InChI=1S/C13H21N3S/c1-2-6-14-13-9-11(5-7-15-13)16-10-12-4-3-8-17-12/h5,7,9,12H,2-4,6,8,10H2,1H3,(H2,14,15,16). The van der Waals surface area contributed by atoms with E-state index >= 15 is 0 Å². The largest absolute Gasteiger partial charge is 0.384 e. The van der Waals surface area contributed by atoms with Crippen molar-refractivity contribution < 1.29 is 0 Å². The molecule has 1 saturated heterocycles. The Balaban J connectivity index is 1.82. The molecule has 0 amide bonds. The van der Waals surface area contributed by atoms with Gasteiger partial charge in [-0.15, -0.1) is 0 Å². The molecule has 0 bridgehead atoms. The molecule has 2 rings (SSSR count). The van der Waals surface area contributed by atoms with E-state index in [4.69, 9.17) is 0 Å². The van der Waals surface area contributed by atoms with E-state index in [1.807, 2.05) is 12.3 Å². The van der Waals surface area contributed by atoms with Gasteiger partial charge < -0.3 is 10.6 Å². The molecule has 0 spiro atoms. The lowest BCUT2D eigenvalue weighted by Crippen LogP contribution is -2.13. The molecule has 4 heteroatoms. The molecule has 2 heterocycles. The topological polar surface area (TPSA) is 37.0 Å². The minimum atomic E-state index is 0.787. The van der Waals surface area contributed by atoms with Crippen LogP contribution in [-0.4, -0.2) is 29.1 Å². The van der Waals surface area contributed by atoms with Crippen LogP contribution in [0.1, 0.15) is 26.2 Å². The summed E-state index contributed by atoms with van der Waals surface area (Å²) in [7, 11) is 0. The number of thioether (sulfide) groups is 1. The minimum Gasteiger partial charge on any atom is -0.384 e. The number of aromatic nitrogens is 1. The lowest BCUT2D eigenvalue weighted by Gasteiger charge is -2.12. The van der Waals surface area contributed by atoms with Crippen molar-refractivity contribution in [1.29, 1.82) is 0 Å². The van der Waals surface area contributed by atoms with Gasteiger partial charge in [0.25, 0.3) is 0 Å².